The van der Waals surface area contributed by atoms with Crippen LogP contribution in [-0.4, -0.2) is 18.2 Å². The van der Waals surface area contributed by atoms with Gasteiger partial charge in [-0.05, 0) is 12.1 Å². The Balaban J connectivity index is 3.32. The van der Waals surface area contributed by atoms with Crippen molar-refractivity contribution in [3.8, 4) is 11.8 Å². The molecule has 0 fully saturated rings. The molecule has 4 nitrogen and oxygen atoms in total. The second-order valence-electron chi connectivity index (χ2n) is 2.46. The molecule has 0 aromatic heterocycles. The molecular weight excluding hydrogens is 206 g/mol. The molecule has 1 N–H and O–H groups in total. The highest BCUT2D eigenvalue weighted by molar-refractivity contribution is 6.33. The molecule has 0 unspecified atom stereocenters. The van der Waals surface area contributed by atoms with Crippen LogP contribution in [-0.2, 0) is 4.74 Å². The predicted octanol–water partition coefficient (Wildman–Crippen LogP) is 1.70. The number of phenolic OH excluding ortho intramolecular Hbond substituents is 1. The molecular formula is C9H6ClNO3. The highest BCUT2D eigenvalue weighted by atomic mass is 35.5. The average molecular weight is 212 g/mol. The molecule has 0 bridgehead atoms. The molecule has 5 heteroatoms. The van der Waals surface area contributed by atoms with Crippen molar-refractivity contribution in [2.24, 2.45) is 0 Å². The van der Waals surface area contributed by atoms with Crippen molar-refractivity contribution in [2.75, 3.05) is 7.11 Å². The van der Waals surface area contributed by atoms with E-state index in [1.807, 2.05) is 0 Å². The standard InChI is InChI=1S/C9H6ClNO3/c1-14-9(13)5-2-6(4-11)8(10)7(12)3-5/h2-3,12H,1H3. The molecule has 1 aromatic rings. The third-order valence-corrected chi connectivity index (χ3v) is 1.99. The molecule has 0 aliphatic rings. The Morgan fingerprint density at radius 3 is 2.79 bits per heavy atom. The molecule has 0 saturated carbocycles. The number of nitriles is 1. The molecule has 1 rings (SSSR count). The minimum atomic E-state index is -0.631. The Labute approximate surface area is 85.3 Å². The van der Waals surface area contributed by atoms with Gasteiger partial charge in [-0.25, -0.2) is 4.79 Å². The summed E-state index contributed by atoms with van der Waals surface area (Å²) in [6.07, 6.45) is 0. The molecule has 0 spiro atoms. The fourth-order valence-corrected chi connectivity index (χ4v) is 1.08. The van der Waals surface area contributed by atoms with E-state index in [1.165, 1.54) is 13.2 Å². The Morgan fingerprint density at radius 1 is 1.64 bits per heavy atom. The number of carbonyl (C=O) groups excluding carboxylic acids is 1. The van der Waals surface area contributed by atoms with E-state index in [4.69, 9.17) is 16.9 Å². The van der Waals surface area contributed by atoms with E-state index in [0.29, 0.717) is 0 Å². The SMILES string of the molecule is COC(=O)c1cc(O)c(Cl)c(C#N)c1. The average Bonchev–Trinajstić information content (AvgIpc) is 2.20. The summed E-state index contributed by atoms with van der Waals surface area (Å²) in [5.41, 5.74) is 0.123. The van der Waals surface area contributed by atoms with E-state index < -0.39 is 5.97 Å². The van der Waals surface area contributed by atoms with Crippen LogP contribution >= 0.6 is 11.6 Å². The third-order valence-electron chi connectivity index (χ3n) is 1.59. The van der Waals surface area contributed by atoms with E-state index >= 15 is 0 Å². The smallest absolute Gasteiger partial charge is 0.338 e. The zero-order chi connectivity index (χ0) is 10.7. The van der Waals surface area contributed by atoms with E-state index in [9.17, 15) is 9.90 Å². The Kier molecular flexibility index (Phi) is 2.95. The highest BCUT2D eigenvalue weighted by Gasteiger charge is 2.12. The lowest BCUT2D eigenvalue weighted by molar-refractivity contribution is 0.0600. The normalized spacial score (nSPS) is 9.21. The number of rotatable bonds is 1. The number of hydrogen-bond acceptors (Lipinski definition) is 4. The summed E-state index contributed by atoms with van der Waals surface area (Å²) in [6.45, 7) is 0. The Morgan fingerprint density at radius 2 is 2.29 bits per heavy atom. The molecule has 0 aliphatic carbocycles. The number of benzene rings is 1. The number of nitrogens with zero attached hydrogens (tertiary/aromatic N) is 1. The van der Waals surface area contributed by atoms with Crippen LogP contribution in [0.5, 0.6) is 5.75 Å². The Bertz CT molecular complexity index is 423. The molecule has 0 amide bonds. The second-order valence-corrected chi connectivity index (χ2v) is 2.84. The van der Waals surface area contributed by atoms with Crippen LogP contribution < -0.4 is 0 Å². The minimum absolute atomic E-state index is 0.0343. The first-order chi connectivity index (χ1) is 6.60. The van der Waals surface area contributed by atoms with Gasteiger partial charge in [0.2, 0.25) is 0 Å². The van der Waals surface area contributed by atoms with Crippen LogP contribution in [0.25, 0.3) is 0 Å². The number of phenols is 1. The summed E-state index contributed by atoms with van der Waals surface area (Å²) in [6, 6.07) is 4.16. The first-order valence-electron chi connectivity index (χ1n) is 3.61. The highest BCUT2D eigenvalue weighted by Crippen LogP contribution is 2.28. The van der Waals surface area contributed by atoms with Crippen LogP contribution in [0, 0.1) is 11.3 Å². The van der Waals surface area contributed by atoms with Crippen molar-refractivity contribution in [3.05, 3.63) is 28.3 Å². The van der Waals surface area contributed by atoms with Gasteiger partial charge in [0.1, 0.15) is 16.8 Å². The summed E-state index contributed by atoms with van der Waals surface area (Å²) in [7, 11) is 1.21. The number of ether oxygens (including phenoxy) is 1. The number of hydrogen-bond donors (Lipinski definition) is 1. The molecule has 0 atom stereocenters. The fraction of sp³-hybridized carbons (Fsp3) is 0.111. The predicted molar refractivity (Wildman–Crippen MR) is 49.2 cm³/mol. The van der Waals surface area contributed by atoms with Gasteiger partial charge in [-0.2, -0.15) is 5.26 Å². The quantitative estimate of drug-likeness (QED) is 0.718. The van der Waals surface area contributed by atoms with Crippen LogP contribution in [0.3, 0.4) is 0 Å². The molecule has 1 aromatic carbocycles. The third kappa shape index (κ3) is 1.78. The summed E-state index contributed by atoms with van der Waals surface area (Å²) in [4.78, 5) is 11.1. The zero-order valence-electron chi connectivity index (χ0n) is 7.24. The molecule has 0 heterocycles. The van der Waals surface area contributed by atoms with Crippen molar-refractivity contribution in [2.45, 2.75) is 0 Å². The maximum atomic E-state index is 11.1. The number of carbonyl (C=O) groups is 1. The van der Waals surface area contributed by atoms with Gasteiger partial charge in [0.25, 0.3) is 0 Å². The lowest BCUT2D eigenvalue weighted by atomic mass is 10.1. The minimum Gasteiger partial charge on any atom is -0.506 e. The number of esters is 1. The topological polar surface area (TPSA) is 70.3 Å². The van der Waals surface area contributed by atoms with Crippen LogP contribution in [0.2, 0.25) is 5.02 Å². The maximum Gasteiger partial charge on any atom is 0.338 e. The van der Waals surface area contributed by atoms with Gasteiger partial charge in [-0.1, -0.05) is 11.6 Å². The first-order valence-corrected chi connectivity index (χ1v) is 3.99. The van der Waals surface area contributed by atoms with Crippen molar-refractivity contribution in [1.82, 2.24) is 0 Å². The molecule has 14 heavy (non-hydrogen) atoms. The van der Waals surface area contributed by atoms with Crippen LogP contribution in [0.4, 0.5) is 0 Å². The molecule has 0 saturated heterocycles. The largest absolute Gasteiger partial charge is 0.506 e. The van der Waals surface area contributed by atoms with Crippen molar-refractivity contribution >= 4 is 17.6 Å². The van der Waals surface area contributed by atoms with E-state index in [0.717, 1.165) is 6.07 Å². The van der Waals surface area contributed by atoms with Gasteiger partial charge in [0.15, 0.2) is 0 Å². The summed E-state index contributed by atoms with van der Waals surface area (Å²) in [5.74, 6) is -0.945. The number of aromatic hydroxyl groups is 1. The monoisotopic (exact) mass is 211 g/mol. The van der Waals surface area contributed by atoms with Crippen LogP contribution in [0.15, 0.2) is 12.1 Å². The van der Waals surface area contributed by atoms with Gasteiger partial charge in [0, 0.05) is 0 Å². The van der Waals surface area contributed by atoms with Crippen molar-refractivity contribution in [1.29, 1.82) is 5.26 Å². The van der Waals surface area contributed by atoms with E-state index in [1.54, 1.807) is 6.07 Å². The maximum absolute atomic E-state index is 11.1. The molecule has 72 valence electrons. The van der Waals surface area contributed by atoms with Crippen molar-refractivity contribution < 1.29 is 14.6 Å². The van der Waals surface area contributed by atoms with Gasteiger partial charge in [0.05, 0.1) is 18.2 Å². The summed E-state index contributed by atoms with van der Waals surface area (Å²) >= 11 is 5.59. The Hall–Kier alpha value is -1.73. The lowest BCUT2D eigenvalue weighted by Crippen LogP contribution is -2.01. The zero-order valence-corrected chi connectivity index (χ0v) is 8.00. The van der Waals surface area contributed by atoms with Crippen LogP contribution in [0.1, 0.15) is 15.9 Å². The van der Waals surface area contributed by atoms with Gasteiger partial charge < -0.3 is 9.84 Å². The van der Waals surface area contributed by atoms with Gasteiger partial charge in [-0.3, -0.25) is 0 Å². The number of methoxy groups -OCH3 is 1. The molecule has 0 radical (unpaired) electrons. The second kappa shape index (κ2) is 3.99. The van der Waals surface area contributed by atoms with E-state index in [-0.39, 0.29) is 21.9 Å². The fourth-order valence-electron chi connectivity index (χ4n) is 0.926. The van der Waals surface area contributed by atoms with E-state index in [2.05, 4.69) is 4.74 Å². The number of halogens is 1. The summed E-state index contributed by atoms with van der Waals surface area (Å²) < 4.78 is 4.43. The molecule has 0 aliphatic heterocycles. The van der Waals surface area contributed by atoms with Gasteiger partial charge in [-0.15, -0.1) is 0 Å². The summed E-state index contributed by atoms with van der Waals surface area (Å²) in [5, 5.41) is 17.8. The first kappa shape index (κ1) is 10.4. The lowest BCUT2D eigenvalue weighted by Gasteiger charge is -2.03. The van der Waals surface area contributed by atoms with Crippen molar-refractivity contribution in [3.63, 3.8) is 0 Å². The van der Waals surface area contributed by atoms with Gasteiger partial charge >= 0.3 is 5.97 Å².